The Kier molecular flexibility index (Phi) is 4.79. The van der Waals surface area contributed by atoms with Gasteiger partial charge in [-0.1, -0.05) is 18.2 Å². The second kappa shape index (κ2) is 7.37. The van der Waals surface area contributed by atoms with Crippen LogP contribution >= 0.6 is 15.9 Å². The summed E-state index contributed by atoms with van der Waals surface area (Å²) in [6, 6.07) is 9.74. The van der Waals surface area contributed by atoms with E-state index in [9.17, 15) is 4.79 Å². The number of carbonyl (C=O) groups excluding carboxylic acids is 1. The molecule has 1 atom stereocenters. The Morgan fingerprint density at radius 1 is 1.19 bits per heavy atom. The fourth-order valence-corrected chi connectivity index (χ4v) is 3.56. The van der Waals surface area contributed by atoms with E-state index in [0.29, 0.717) is 18.1 Å². The number of carbonyl (C=O) groups is 1. The maximum atomic E-state index is 13.1. The molecule has 1 fully saturated rings. The van der Waals surface area contributed by atoms with Gasteiger partial charge in [-0.2, -0.15) is 0 Å². The molecule has 1 aliphatic heterocycles. The maximum Gasteiger partial charge on any atom is 0.256 e. The van der Waals surface area contributed by atoms with Crippen molar-refractivity contribution < 1.29 is 4.79 Å². The van der Waals surface area contributed by atoms with E-state index in [-0.39, 0.29) is 11.9 Å². The summed E-state index contributed by atoms with van der Waals surface area (Å²) in [5, 5.41) is 4.22. The highest BCUT2D eigenvalue weighted by Gasteiger charge is 2.30. The van der Waals surface area contributed by atoms with Crippen LogP contribution in [0, 0.1) is 0 Å². The van der Waals surface area contributed by atoms with Gasteiger partial charge in [-0.3, -0.25) is 9.78 Å². The number of rotatable bonds is 4. The maximum absolute atomic E-state index is 13.1. The predicted octanol–water partition coefficient (Wildman–Crippen LogP) is 3.50. The largest absolute Gasteiger partial charge is 0.352 e. The Morgan fingerprint density at radius 2 is 2.00 bits per heavy atom. The molecule has 3 heterocycles. The van der Waals surface area contributed by atoms with Crippen LogP contribution in [-0.4, -0.2) is 44.9 Å². The van der Waals surface area contributed by atoms with Crippen molar-refractivity contribution in [2.45, 2.75) is 18.9 Å². The molecule has 1 aliphatic rings. The number of pyridine rings is 1. The Balaban J connectivity index is 1.52. The minimum absolute atomic E-state index is 0.0373. The van der Waals surface area contributed by atoms with Crippen LogP contribution in [0.3, 0.4) is 0 Å². The summed E-state index contributed by atoms with van der Waals surface area (Å²) < 4.78 is 0.837. The molecule has 0 bridgehead atoms. The third-order valence-electron chi connectivity index (χ3n) is 4.62. The number of anilines is 1. The normalized spacial score (nSPS) is 16.8. The number of hydrogen-bond donors (Lipinski definition) is 1. The Bertz CT molecular complexity index is 925. The molecule has 6 nitrogen and oxygen atoms in total. The molecule has 2 aromatic heterocycles. The van der Waals surface area contributed by atoms with Gasteiger partial charge in [0.05, 0.1) is 15.6 Å². The van der Waals surface area contributed by atoms with Crippen LogP contribution in [0.2, 0.25) is 0 Å². The molecule has 7 heteroatoms. The number of halogens is 1. The number of hydrogen-bond acceptors (Lipinski definition) is 5. The summed E-state index contributed by atoms with van der Waals surface area (Å²) in [4.78, 5) is 28.0. The smallest absolute Gasteiger partial charge is 0.256 e. The van der Waals surface area contributed by atoms with Crippen molar-refractivity contribution in [1.82, 2.24) is 19.9 Å². The average molecular weight is 412 g/mol. The van der Waals surface area contributed by atoms with Gasteiger partial charge in [-0.15, -0.1) is 0 Å². The summed E-state index contributed by atoms with van der Waals surface area (Å²) in [6.07, 6.45) is 7.10. The lowest BCUT2D eigenvalue weighted by Crippen LogP contribution is -2.39. The van der Waals surface area contributed by atoms with Gasteiger partial charge >= 0.3 is 0 Å². The molecule has 0 spiro atoms. The number of nitrogens with zero attached hydrogens (tertiary/aromatic N) is 4. The predicted molar refractivity (Wildman–Crippen MR) is 104 cm³/mol. The van der Waals surface area contributed by atoms with Crippen molar-refractivity contribution >= 4 is 38.7 Å². The lowest BCUT2D eigenvalue weighted by molar-refractivity contribution is 0.0745. The topological polar surface area (TPSA) is 71.0 Å². The first-order valence-corrected chi connectivity index (χ1v) is 9.38. The Hall–Kier alpha value is -2.54. The van der Waals surface area contributed by atoms with Crippen molar-refractivity contribution in [1.29, 1.82) is 0 Å². The molecule has 0 aliphatic carbocycles. The average Bonchev–Trinajstić information content (AvgIpc) is 3.15. The molecule has 26 heavy (non-hydrogen) atoms. The van der Waals surface area contributed by atoms with E-state index in [4.69, 9.17) is 0 Å². The number of amides is 1. The van der Waals surface area contributed by atoms with Crippen LogP contribution in [0.1, 0.15) is 23.2 Å². The standard InChI is InChI=1S/C19H18BrN5O/c20-14-10-22-19(23-11-14)24-12-15-6-3-9-25(15)18(26)16-7-1-4-13-5-2-8-21-17(13)16/h1-2,4-5,7-8,10-11,15H,3,6,9,12H2,(H,22,23,24). The van der Waals surface area contributed by atoms with Gasteiger partial charge in [0.1, 0.15) is 0 Å². The van der Waals surface area contributed by atoms with Crippen LogP contribution < -0.4 is 5.32 Å². The van der Waals surface area contributed by atoms with Crippen molar-refractivity contribution in [3.63, 3.8) is 0 Å². The van der Waals surface area contributed by atoms with Crippen molar-refractivity contribution in [3.8, 4) is 0 Å². The second-order valence-corrected chi connectivity index (χ2v) is 7.20. The first-order chi connectivity index (χ1) is 12.7. The summed E-state index contributed by atoms with van der Waals surface area (Å²) >= 11 is 3.33. The number of likely N-dealkylation sites (tertiary alicyclic amines) is 1. The minimum atomic E-state index is 0.0373. The number of fused-ring (bicyclic) bond motifs is 1. The number of aromatic nitrogens is 3. The quantitative estimate of drug-likeness (QED) is 0.710. The first kappa shape index (κ1) is 16.9. The molecule has 1 unspecified atom stereocenters. The van der Waals surface area contributed by atoms with Crippen LogP contribution in [0.4, 0.5) is 5.95 Å². The van der Waals surface area contributed by atoms with Gasteiger partial charge in [0.2, 0.25) is 5.95 Å². The highest BCUT2D eigenvalue weighted by atomic mass is 79.9. The molecule has 0 saturated carbocycles. The lowest BCUT2D eigenvalue weighted by atomic mass is 10.1. The van der Waals surface area contributed by atoms with Gasteiger partial charge in [0, 0.05) is 43.1 Å². The summed E-state index contributed by atoms with van der Waals surface area (Å²) in [5.74, 6) is 0.606. The first-order valence-electron chi connectivity index (χ1n) is 8.58. The van der Waals surface area contributed by atoms with E-state index in [1.54, 1.807) is 18.6 Å². The van der Waals surface area contributed by atoms with Gasteiger partial charge in [-0.05, 0) is 40.9 Å². The van der Waals surface area contributed by atoms with Gasteiger partial charge in [-0.25, -0.2) is 9.97 Å². The second-order valence-electron chi connectivity index (χ2n) is 6.28. The monoisotopic (exact) mass is 411 g/mol. The van der Waals surface area contributed by atoms with E-state index < -0.39 is 0 Å². The zero-order chi connectivity index (χ0) is 17.9. The third kappa shape index (κ3) is 3.39. The van der Waals surface area contributed by atoms with Crippen molar-refractivity contribution in [3.05, 3.63) is 59.0 Å². The molecule has 3 aromatic rings. The summed E-state index contributed by atoms with van der Waals surface area (Å²) in [7, 11) is 0. The molecule has 1 N–H and O–H groups in total. The van der Waals surface area contributed by atoms with Crippen LogP contribution in [0.15, 0.2) is 53.4 Å². The van der Waals surface area contributed by atoms with E-state index in [0.717, 1.165) is 34.8 Å². The highest BCUT2D eigenvalue weighted by molar-refractivity contribution is 9.10. The molecule has 1 saturated heterocycles. The summed E-state index contributed by atoms with van der Waals surface area (Å²) in [5.41, 5.74) is 1.42. The number of para-hydroxylation sites is 1. The van der Waals surface area contributed by atoms with E-state index >= 15 is 0 Å². The molecule has 1 amide bonds. The van der Waals surface area contributed by atoms with Crippen LogP contribution in [-0.2, 0) is 0 Å². The number of nitrogens with one attached hydrogen (secondary N) is 1. The van der Waals surface area contributed by atoms with E-state index in [1.807, 2.05) is 35.2 Å². The SMILES string of the molecule is O=C(c1cccc2cccnc12)N1CCCC1CNc1ncc(Br)cn1. The molecular formula is C19H18BrN5O. The van der Waals surface area contributed by atoms with Crippen molar-refractivity contribution in [2.24, 2.45) is 0 Å². The molecule has 132 valence electrons. The lowest BCUT2D eigenvalue weighted by Gasteiger charge is -2.25. The molecule has 0 radical (unpaired) electrons. The van der Waals surface area contributed by atoms with Gasteiger partial charge in [0.15, 0.2) is 0 Å². The van der Waals surface area contributed by atoms with E-state index in [1.165, 1.54) is 0 Å². The van der Waals surface area contributed by atoms with Gasteiger partial charge < -0.3 is 10.2 Å². The molecular weight excluding hydrogens is 394 g/mol. The third-order valence-corrected chi connectivity index (χ3v) is 5.03. The fraction of sp³-hybridized carbons (Fsp3) is 0.263. The minimum Gasteiger partial charge on any atom is -0.352 e. The van der Waals surface area contributed by atoms with Crippen LogP contribution in [0.25, 0.3) is 10.9 Å². The van der Waals surface area contributed by atoms with Gasteiger partial charge in [0.25, 0.3) is 5.91 Å². The zero-order valence-corrected chi connectivity index (χ0v) is 15.7. The summed E-state index contributed by atoms with van der Waals surface area (Å²) in [6.45, 7) is 1.39. The van der Waals surface area contributed by atoms with E-state index in [2.05, 4.69) is 36.2 Å². The molecule has 4 rings (SSSR count). The fourth-order valence-electron chi connectivity index (χ4n) is 3.36. The molecule has 1 aromatic carbocycles. The Labute approximate surface area is 159 Å². The van der Waals surface area contributed by atoms with Crippen molar-refractivity contribution in [2.75, 3.05) is 18.4 Å². The Morgan fingerprint density at radius 3 is 2.85 bits per heavy atom. The zero-order valence-electron chi connectivity index (χ0n) is 14.1. The highest BCUT2D eigenvalue weighted by Crippen LogP contribution is 2.24. The number of benzene rings is 1. The van der Waals surface area contributed by atoms with Crippen LogP contribution in [0.5, 0.6) is 0 Å².